The van der Waals surface area contributed by atoms with E-state index in [4.69, 9.17) is 16.3 Å². The monoisotopic (exact) mass is 388 g/mol. The van der Waals surface area contributed by atoms with Gasteiger partial charge in [-0.3, -0.25) is 9.78 Å². The van der Waals surface area contributed by atoms with E-state index in [1.54, 1.807) is 30.6 Å². The van der Waals surface area contributed by atoms with E-state index in [2.05, 4.69) is 15.1 Å². The Kier molecular flexibility index (Phi) is 3.84. The van der Waals surface area contributed by atoms with Crippen LogP contribution >= 0.6 is 11.6 Å². The summed E-state index contributed by atoms with van der Waals surface area (Å²) in [6.45, 7) is 0. The molecule has 0 saturated carbocycles. The second kappa shape index (κ2) is 6.51. The van der Waals surface area contributed by atoms with Gasteiger partial charge in [0.05, 0.1) is 15.9 Å². The van der Waals surface area contributed by atoms with E-state index < -0.39 is 0 Å². The van der Waals surface area contributed by atoms with Crippen molar-refractivity contribution >= 4 is 33.3 Å². The largest absolute Gasteiger partial charge is 0.456 e. The molecular formula is C21H13ClN4O2. The molecule has 0 aliphatic heterocycles. The summed E-state index contributed by atoms with van der Waals surface area (Å²) in [5.41, 5.74) is 0.167. The van der Waals surface area contributed by atoms with Crippen LogP contribution in [0, 0.1) is 0 Å². The van der Waals surface area contributed by atoms with Gasteiger partial charge in [0.1, 0.15) is 11.5 Å². The Morgan fingerprint density at radius 3 is 2.68 bits per heavy atom. The minimum absolute atomic E-state index is 0.296. The molecule has 7 heteroatoms. The smallest absolute Gasteiger partial charge is 0.260 e. The van der Waals surface area contributed by atoms with Crippen molar-refractivity contribution in [1.82, 2.24) is 19.7 Å². The molecule has 28 heavy (non-hydrogen) atoms. The number of hydrogen-bond acceptors (Lipinski definition) is 4. The van der Waals surface area contributed by atoms with Crippen molar-refractivity contribution in [3.05, 3.63) is 88.4 Å². The number of aromatic nitrogens is 4. The van der Waals surface area contributed by atoms with Crippen LogP contribution in [0.3, 0.4) is 0 Å². The predicted molar refractivity (Wildman–Crippen MR) is 109 cm³/mol. The van der Waals surface area contributed by atoms with Crippen molar-refractivity contribution in [3.8, 4) is 17.4 Å². The molecule has 0 spiro atoms. The first-order chi connectivity index (χ1) is 13.7. The van der Waals surface area contributed by atoms with Crippen molar-refractivity contribution in [3.63, 3.8) is 0 Å². The van der Waals surface area contributed by atoms with Crippen LogP contribution in [0.25, 0.3) is 27.6 Å². The van der Waals surface area contributed by atoms with Gasteiger partial charge >= 0.3 is 0 Å². The van der Waals surface area contributed by atoms with Gasteiger partial charge in [0.25, 0.3) is 5.56 Å². The summed E-state index contributed by atoms with van der Waals surface area (Å²) in [6.07, 6.45) is 3.31. The quantitative estimate of drug-likeness (QED) is 0.486. The Morgan fingerprint density at radius 2 is 1.86 bits per heavy atom. The lowest BCUT2D eigenvalue weighted by Crippen LogP contribution is -2.13. The molecule has 0 aliphatic carbocycles. The second-order valence-corrected chi connectivity index (χ2v) is 6.66. The van der Waals surface area contributed by atoms with Crippen molar-refractivity contribution in [2.24, 2.45) is 0 Å². The van der Waals surface area contributed by atoms with Gasteiger partial charge in [-0.1, -0.05) is 41.9 Å². The van der Waals surface area contributed by atoms with Gasteiger partial charge < -0.3 is 4.74 Å². The number of benzene rings is 3. The van der Waals surface area contributed by atoms with E-state index in [0.29, 0.717) is 33.4 Å². The molecular weight excluding hydrogens is 376 g/mol. The van der Waals surface area contributed by atoms with Crippen LogP contribution in [0.2, 0.25) is 5.02 Å². The van der Waals surface area contributed by atoms with E-state index in [0.717, 1.165) is 10.8 Å². The fourth-order valence-corrected chi connectivity index (χ4v) is 3.26. The molecule has 0 bridgehead atoms. The first-order valence-corrected chi connectivity index (χ1v) is 8.95. The van der Waals surface area contributed by atoms with E-state index in [-0.39, 0.29) is 5.56 Å². The number of aromatic amines is 1. The zero-order chi connectivity index (χ0) is 19.1. The molecule has 6 nitrogen and oxygen atoms in total. The van der Waals surface area contributed by atoms with Gasteiger partial charge in [0.2, 0.25) is 5.95 Å². The average Bonchev–Trinajstić information content (AvgIpc) is 3.24. The zero-order valence-electron chi connectivity index (χ0n) is 14.5. The number of nitrogens with zero attached hydrogens (tertiary/aromatic N) is 3. The fraction of sp³-hybridized carbons (Fsp3) is 0. The number of H-pyrrole nitrogens is 1. The lowest BCUT2D eigenvalue weighted by molar-refractivity contribution is 0.484. The topological polar surface area (TPSA) is 72.8 Å². The molecule has 0 fully saturated rings. The van der Waals surface area contributed by atoms with E-state index in [9.17, 15) is 4.79 Å². The van der Waals surface area contributed by atoms with Crippen molar-refractivity contribution in [1.29, 1.82) is 0 Å². The third-order valence-electron chi connectivity index (χ3n) is 4.42. The minimum atomic E-state index is -0.296. The van der Waals surface area contributed by atoms with Crippen molar-refractivity contribution in [2.45, 2.75) is 0 Å². The third-order valence-corrected chi connectivity index (χ3v) is 4.71. The fourth-order valence-electron chi connectivity index (χ4n) is 3.07. The number of hydrogen-bond donors (Lipinski definition) is 1. The second-order valence-electron chi connectivity index (χ2n) is 6.25. The van der Waals surface area contributed by atoms with E-state index in [1.165, 1.54) is 4.68 Å². The summed E-state index contributed by atoms with van der Waals surface area (Å²) < 4.78 is 7.43. The predicted octanol–water partition coefficient (Wildman–Crippen LogP) is 4.71. The molecule has 0 aliphatic rings. The highest BCUT2D eigenvalue weighted by atomic mass is 35.5. The number of fused-ring (bicyclic) bond motifs is 2. The molecule has 0 atom stereocenters. The summed E-state index contributed by atoms with van der Waals surface area (Å²) in [5.74, 6) is 1.35. The highest BCUT2D eigenvalue weighted by Crippen LogP contribution is 2.33. The Hall–Kier alpha value is -3.64. The summed E-state index contributed by atoms with van der Waals surface area (Å²) in [6, 6.07) is 18.7. The molecule has 136 valence electrons. The van der Waals surface area contributed by atoms with Crippen LogP contribution in [-0.4, -0.2) is 19.7 Å². The summed E-state index contributed by atoms with van der Waals surface area (Å²) in [4.78, 5) is 19.7. The summed E-state index contributed by atoms with van der Waals surface area (Å²) in [7, 11) is 0. The standard InChI is InChI=1S/C21H13ClN4O2/c22-17-12-18-16(20(27)25-21(24-18)26-9-3-8-23-26)11-19(17)28-15-7-6-13-4-1-2-5-14(13)10-15/h1-12H,(H,24,25,27). The maximum Gasteiger partial charge on any atom is 0.260 e. The number of nitrogens with one attached hydrogen (secondary N) is 1. The minimum Gasteiger partial charge on any atom is -0.456 e. The van der Waals surface area contributed by atoms with Crippen LogP contribution in [0.1, 0.15) is 0 Å². The van der Waals surface area contributed by atoms with Gasteiger partial charge in [-0.05, 0) is 41.1 Å². The van der Waals surface area contributed by atoms with Gasteiger partial charge in [0.15, 0.2) is 0 Å². The lowest BCUT2D eigenvalue weighted by Gasteiger charge is -2.10. The summed E-state index contributed by atoms with van der Waals surface area (Å²) >= 11 is 6.40. The number of rotatable bonds is 3. The molecule has 0 unspecified atom stereocenters. The maximum atomic E-state index is 12.6. The Labute approximate surface area is 164 Å². The third kappa shape index (κ3) is 2.90. The first-order valence-electron chi connectivity index (χ1n) is 8.58. The number of halogens is 1. The number of ether oxygens (including phenoxy) is 1. The maximum absolute atomic E-state index is 12.6. The molecule has 3 aromatic carbocycles. The molecule has 2 aromatic heterocycles. The van der Waals surface area contributed by atoms with Crippen LogP contribution < -0.4 is 10.3 Å². The van der Waals surface area contributed by atoms with Crippen LogP contribution in [-0.2, 0) is 0 Å². The molecule has 1 N–H and O–H groups in total. The van der Waals surface area contributed by atoms with Crippen molar-refractivity contribution in [2.75, 3.05) is 0 Å². The highest BCUT2D eigenvalue weighted by molar-refractivity contribution is 6.32. The Morgan fingerprint density at radius 1 is 1.00 bits per heavy atom. The lowest BCUT2D eigenvalue weighted by atomic mass is 10.1. The van der Waals surface area contributed by atoms with Crippen LogP contribution in [0.5, 0.6) is 11.5 Å². The van der Waals surface area contributed by atoms with Gasteiger partial charge in [-0.15, -0.1) is 0 Å². The zero-order valence-corrected chi connectivity index (χ0v) is 15.2. The molecule has 5 aromatic rings. The van der Waals surface area contributed by atoms with E-state index in [1.807, 2.05) is 42.5 Å². The first kappa shape index (κ1) is 16.5. The summed E-state index contributed by atoms with van der Waals surface area (Å²) in [5, 5.41) is 7.01. The van der Waals surface area contributed by atoms with Crippen molar-refractivity contribution < 1.29 is 4.74 Å². The van der Waals surface area contributed by atoms with Crippen LogP contribution in [0.4, 0.5) is 0 Å². The molecule has 2 heterocycles. The van der Waals surface area contributed by atoms with Gasteiger partial charge in [-0.2, -0.15) is 5.10 Å². The molecule has 0 saturated heterocycles. The molecule has 0 amide bonds. The molecule has 5 rings (SSSR count). The average molecular weight is 389 g/mol. The Balaban J connectivity index is 1.58. The normalized spacial score (nSPS) is 11.2. The molecule has 0 radical (unpaired) electrons. The highest BCUT2D eigenvalue weighted by Gasteiger charge is 2.12. The van der Waals surface area contributed by atoms with E-state index >= 15 is 0 Å². The Bertz CT molecular complexity index is 1380. The SMILES string of the molecule is O=c1[nH]c(-n2cccn2)nc2cc(Cl)c(Oc3ccc4ccccc4c3)cc12. The van der Waals surface area contributed by atoms with Gasteiger partial charge in [0, 0.05) is 12.4 Å². The van der Waals surface area contributed by atoms with Gasteiger partial charge in [-0.25, -0.2) is 9.67 Å². The van der Waals surface area contributed by atoms with Crippen LogP contribution in [0.15, 0.2) is 77.9 Å².